The predicted molar refractivity (Wildman–Crippen MR) is 123 cm³/mol. The summed E-state index contributed by atoms with van der Waals surface area (Å²) in [6.45, 7) is 0. The Morgan fingerprint density at radius 1 is 0.788 bits per heavy atom. The zero-order valence-corrected chi connectivity index (χ0v) is 17.3. The average Bonchev–Trinajstić information content (AvgIpc) is 3.37. The predicted octanol–water partition coefficient (Wildman–Crippen LogP) is 3.72. The highest BCUT2D eigenvalue weighted by molar-refractivity contribution is 6.34. The number of amides is 3. The topological polar surface area (TPSA) is 97.2 Å². The van der Waals surface area contributed by atoms with E-state index in [1.165, 1.54) is 10.8 Å². The van der Waals surface area contributed by atoms with Gasteiger partial charge in [-0.15, -0.1) is 5.10 Å². The van der Waals surface area contributed by atoms with E-state index >= 15 is 0 Å². The highest BCUT2D eigenvalue weighted by atomic mass is 16.2. The summed E-state index contributed by atoms with van der Waals surface area (Å²) in [5, 5.41) is 6.94. The van der Waals surface area contributed by atoms with Crippen LogP contribution < -0.4 is 10.2 Å². The normalized spacial score (nSPS) is 12.9. The standard InChI is InChI=1S/C25H17N5O3/c31-21(16-15-17-9-3-1-4-10-17)26-24-27-25(30(28-24)18-11-5-2-6-12-18)29-22(32)19-13-7-8-14-20(19)23(29)33/h1-16H,(H,26,28,31)/b16-15+. The Morgan fingerprint density at radius 2 is 1.36 bits per heavy atom. The molecule has 2 heterocycles. The van der Waals surface area contributed by atoms with Gasteiger partial charge in [-0.05, 0) is 35.9 Å². The molecule has 0 bridgehead atoms. The molecule has 0 fully saturated rings. The van der Waals surface area contributed by atoms with Crippen molar-refractivity contribution in [2.75, 3.05) is 10.2 Å². The van der Waals surface area contributed by atoms with Crippen LogP contribution in [0, 0.1) is 0 Å². The molecule has 1 aliphatic rings. The summed E-state index contributed by atoms with van der Waals surface area (Å²) in [6.07, 6.45) is 3.02. The van der Waals surface area contributed by atoms with Gasteiger partial charge >= 0.3 is 0 Å². The first-order chi connectivity index (χ1) is 16.1. The SMILES string of the molecule is O=C(/C=C/c1ccccc1)Nc1nc(N2C(=O)c3ccccc3C2=O)n(-c2ccccc2)n1. The molecule has 0 unspecified atom stereocenters. The fourth-order valence-corrected chi connectivity index (χ4v) is 3.50. The first kappa shape index (κ1) is 20.1. The van der Waals surface area contributed by atoms with E-state index in [0.29, 0.717) is 16.8 Å². The van der Waals surface area contributed by atoms with Crippen LogP contribution in [-0.4, -0.2) is 32.5 Å². The smallest absolute Gasteiger partial charge is 0.268 e. The number of carbonyl (C=O) groups is 3. The highest BCUT2D eigenvalue weighted by Gasteiger charge is 2.39. The second kappa shape index (κ2) is 8.35. The third-order valence-corrected chi connectivity index (χ3v) is 5.05. The minimum absolute atomic E-state index is 0.00487. The van der Waals surface area contributed by atoms with Crippen LogP contribution in [0.15, 0.2) is 91.0 Å². The van der Waals surface area contributed by atoms with Crippen LogP contribution in [0.25, 0.3) is 11.8 Å². The Bertz CT molecular complexity index is 1360. The lowest BCUT2D eigenvalue weighted by Gasteiger charge is -2.13. The van der Waals surface area contributed by atoms with Gasteiger partial charge < -0.3 is 0 Å². The summed E-state index contributed by atoms with van der Waals surface area (Å²) in [4.78, 5) is 43.7. The lowest BCUT2D eigenvalue weighted by atomic mass is 10.1. The van der Waals surface area contributed by atoms with Crippen LogP contribution in [0.2, 0.25) is 0 Å². The second-order valence-electron chi connectivity index (χ2n) is 7.21. The fourth-order valence-electron chi connectivity index (χ4n) is 3.50. The summed E-state index contributed by atoms with van der Waals surface area (Å²) < 4.78 is 1.36. The van der Waals surface area contributed by atoms with Gasteiger partial charge in [-0.25, -0.2) is 4.90 Å². The van der Waals surface area contributed by atoms with E-state index in [4.69, 9.17) is 0 Å². The van der Waals surface area contributed by atoms with Crippen molar-refractivity contribution in [3.63, 3.8) is 0 Å². The molecule has 1 aliphatic heterocycles. The van der Waals surface area contributed by atoms with E-state index in [9.17, 15) is 14.4 Å². The van der Waals surface area contributed by atoms with Crippen molar-refractivity contribution in [3.05, 3.63) is 108 Å². The molecular formula is C25H17N5O3. The number of rotatable bonds is 5. The molecule has 0 saturated carbocycles. The summed E-state index contributed by atoms with van der Waals surface area (Å²) in [5.41, 5.74) is 2.03. The van der Waals surface area contributed by atoms with E-state index in [-0.39, 0.29) is 11.9 Å². The van der Waals surface area contributed by atoms with Gasteiger partial charge in [-0.3, -0.25) is 19.7 Å². The number of hydrogen-bond donors (Lipinski definition) is 1. The molecule has 4 aromatic rings. The zero-order chi connectivity index (χ0) is 22.8. The maximum atomic E-state index is 13.0. The Balaban J connectivity index is 1.49. The van der Waals surface area contributed by atoms with Crippen LogP contribution in [0.4, 0.5) is 11.9 Å². The van der Waals surface area contributed by atoms with Gasteiger partial charge in [0.1, 0.15) is 0 Å². The molecule has 1 N–H and O–H groups in total. The van der Waals surface area contributed by atoms with Crippen molar-refractivity contribution < 1.29 is 14.4 Å². The number of anilines is 2. The lowest BCUT2D eigenvalue weighted by Crippen LogP contribution is -2.32. The molecule has 1 aromatic heterocycles. The van der Waals surface area contributed by atoms with Crippen LogP contribution >= 0.6 is 0 Å². The van der Waals surface area contributed by atoms with Gasteiger partial charge in [-0.2, -0.15) is 9.67 Å². The molecule has 0 atom stereocenters. The summed E-state index contributed by atoms with van der Waals surface area (Å²) in [6, 6.07) is 24.9. The second-order valence-corrected chi connectivity index (χ2v) is 7.21. The van der Waals surface area contributed by atoms with Crippen LogP contribution in [0.3, 0.4) is 0 Å². The van der Waals surface area contributed by atoms with Crippen molar-refractivity contribution in [1.29, 1.82) is 0 Å². The van der Waals surface area contributed by atoms with E-state index in [0.717, 1.165) is 10.5 Å². The van der Waals surface area contributed by atoms with E-state index < -0.39 is 17.7 Å². The molecule has 3 aromatic carbocycles. The Kier molecular flexibility index (Phi) is 5.08. The minimum atomic E-state index is -0.498. The van der Waals surface area contributed by atoms with Crippen LogP contribution in [-0.2, 0) is 4.79 Å². The molecule has 33 heavy (non-hydrogen) atoms. The maximum Gasteiger partial charge on any atom is 0.268 e. The molecule has 160 valence electrons. The van der Waals surface area contributed by atoms with Gasteiger partial charge in [-0.1, -0.05) is 60.7 Å². The van der Waals surface area contributed by atoms with Crippen molar-refractivity contribution in [1.82, 2.24) is 14.8 Å². The number of nitrogens with one attached hydrogen (secondary N) is 1. The van der Waals surface area contributed by atoms with Crippen molar-refractivity contribution >= 4 is 35.7 Å². The van der Waals surface area contributed by atoms with Gasteiger partial charge in [0.15, 0.2) is 0 Å². The fraction of sp³-hybridized carbons (Fsp3) is 0. The number of para-hydroxylation sites is 1. The molecule has 0 saturated heterocycles. The largest absolute Gasteiger partial charge is 0.290 e. The first-order valence-electron chi connectivity index (χ1n) is 10.2. The number of benzene rings is 3. The highest BCUT2D eigenvalue weighted by Crippen LogP contribution is 2.29. The van der Waals surface area contributed by atoms with Crippen molar-refractivity contribution in [3.8, 4) is 5.69 Å². The molecule has 3 amide bonds. The van der Waals surface area contributed by atoms with Crippen LogP contribution in [0.5, 0.6) is 0 Å². The number of fused-ring (bicyclic) bond motifs is 1. The van der Waals surface area contributed by atoms with Crippen molar-refractivity contribution in [2.45, 2.75) is 0 Å². The number of aromatic nitrogens is 3. The maximum absolute atomic E-state index is 13.0. The first-order valence-corrected chi connectivity index (χ1v) is 10.2. The van der Waals surface area contributed by atoms with Gasteiger partial charge in [0.05, 0.1) is 16.8 Å². The molecule has 0 radical (unpaired) electrons. The Labute approximate surface area is 188 Å². The van der Waals surface area contributed by atoms with E-state index in [1.807, 2.05) is 36.4 Å². The summed E-state index contributed by atoms with van der Waals surface area (Å²) >= 11 is 0. The van der Waals surface area contributed by atoms with Crippen molar-refractivity contribution in [2.24, 2.45) is 0 Å². The van der Waals surface area contributed by atoms with Gasteiger partial charge in [0.2, 0.25) is 5.95 Å². The molecule has 8 nitrogen and oxygen atoms in total. The Morgan fingerprint density at radius 3 is 2.00 bits per heavy atom. The van der Waals surface area contributed by atoms with E-state index in [2.05, 4.69) is 15.4 Å². The number of carbonyl (C=O) groups excluding carboxylic acids is 3. The lowest BCUT2D eigenvalue weighted by molar-refractivity contribution is -0.111. The number of nitrogens with zero attached hydrogens (tertiary/aromatic N) is 4. The average molecular weight is 435 g/mol. The molecule has 0 spiro atoms. The van der Waals surface area contributed by atoms with Crippen LogP contribution in [0.1, 0.15) is 26.3 Å². The zero-order valence-electron chi connectivity index (χ0n) is 17.3. The van der Waals surface area contributed by atoms with E-state index in [1.54, 1.807) is 54.6 Å². The molecule has 8 heteroatoms. The number of hydrogen-bond acceptors (Lipinski definition) is 5. The summed E-state index contributed by atoms with van der Waals surface area (Å²) in [7, 11) is 0. The third-order valence-electron chi connectivity index (χ3n) is 5.05. The van der Waals surface area contributed by atoms with Gasteiger partial charge in [0, 0.05) is 6.08 Å². The minimum Gasteiger partial charge on any atom is -0.290 e. The Hall–Kier alpha value is -4.85. The summed E-state index contributed by atoms with van der Waals surface area (Å²) in [5.74, 6) is -1.48. The number of imide groups is 1. The third kappa shape index (κ3) is 3.81. The quantitative estimate of drug-likeness (QED) is 0.381. The monoisotopic (exact) mass is 435 g/mol. The van der Waals surface area contributed by atoms with Gasteiger partial charge in [0.25, 0.3) is 23.7 Å². The molecular weight excluding hydrogens is 418 g/mol. The molecule has 0 aliphatic carbocycles. The molecule has 5 rings (SSSR count).